The van der Waals surface area contributed by atoms with E-state index in [0.29, 0.717) is 17.5 Å². The Balaban J connectivity index is 1.47. The van der Waals surface area contributed by atoms with Gasteiger partial charge in [-0.05, 0) is 29.7 Å². The van der Waals surface area contributed by atoms with Crippen molar-refractivity contribution in [3.8, 4) is 11.4 Å². The van der Waals surface area contributed by atoms with Gasteiger partial charge in [0, 0.05) is 31.9 Å². The van der Waals surface area contributed by atoms with Crippen LogP contribution in [0.15, 0.2) is 53.7 Å². The van der Waals surface area contributed by atoms with Crippen molar-refractivity contribution in [3.63, 3.8) is 0 Å². The SMILES string of the molecule is CCc1ccc(-c2nc(SCC(=O)NCc3ccc(N(C)C)cc3)n[nH]2)cc1. The van der Waals surface area contributed by atoms with Gasteiger partial charge in [-0.3, -0.25) is 9.89 Å². The van der Waals surface area contributed by atoms with Crippen LogP contribution < -0.4 is 10.2 Å². The average Bonchev–Trinajstić information content (AvgIpc) is 3.20. The molecule has 0 radical (unpaired) electrons. The fourth-order valence-corrected chi connectivity index (χ4v) is 3.26. The number of nitrogens with zero attached hydrogens (tertiary/aromatic N) is 3. The second-order valence-corrected chi connectivity index (χ2v) is 7.59. The highest BCUT2D eigenvalue weighted by Gasteiger charge is 2.09. The van der Waals surface area contributed by atoms with E-state index in [4.69, 9.17) is 0 Å². The minimum absolute atomic E-state index is 0.0414. The summed E-state index contributed by atoms with van der Waals surface area (Å²) in [6, 6.07) is 16.4. The summed E-state index contributed by atoms with van der Waals surface area (Å²) in [6.45, 7) is 2.64. The number of rotatable bonds is 8. The molecule has 0 spiro atoms. The third kappa shape index (κ3) is 5.36. The first-order valence-corrected chi connectivity index (χ1v) is 10.2. The quantitative estimate of drug-likeness (QED) is 0.571. The number of carbonyl (C=O) groups excluding carboxylic acids is 1. The number of aromatic amines is 1. The zero-order chi connectivity index (χ0) is 19.9. The van der Waals surface area contributed by atoms with Crippen molar-refractivity contribution in [2.75, 3.05) is 24.7 Å². The standard InChI is InChI=1S/C21H25N5OS/c1-4-15-5-9-17(10-6-15)20-23-21(25-24-20)28-14-19(27)22-13-16-7-11-18(12-8-16)26(2)3/h5-12H,4,13-14H2,1-3H3,(H,22,27)(H,23,24,25). The van der Waals surface area contributed by atoms with E-state index >= 15 is 0 Å². The Hall–Kier alpha value is -2.80. The molecule has 0 unspecified atom stereocenters. The van der Waals surface area contributed by atoms with Gasteiger partial charge >= 0.3 is 0 Å². The summed E-state index contributed by atoms with van der Waals surface area (Å²) in [6.07, 6.45) is 1.01. The summed E-state index contributed by atoms with van der Waals surface area (Å²) < 4.78 is 0. The fourth-order valence-electron chi connectivity index (χ4n) is 2.63. The summed E-state index contributed by atoms with van der Waals surface area (Å²) in [5.74, 6) is 0.953. The number of thioether (sulfide) groups is 1. The van der Waals surface area contributed by atoms with E-state index in [2.05, 4.69) is 39.6 Å². The van der Waals surface area contributed by atoms with E-state index in [1.54, 1.807) is 0 Å². The second kappa shape index (κ2) is 9.41. The zero-order valence-electron chi connectivity index (χ0n) is 16.4. The third-order valence-electron chi connectivity index (χ3n) is 4.38. The first-order chi connectivity index (χ1) is 13.5. The Labute approximate surface area is 169 Å². The second-order valence-electron chi connectivity index (χ2n) is 6.64. The summed E-state index contributed by atoms with van der Waals surface area (Å²) in [5.41, 5.74) is 4.48. The number of benzene rings is 2. The highest BCUT2D eigenvalue weighted by atomic mass is 32.2. The van der Waals surface area contributed by atoms with E-state index in [1.165, 1.54) is 17.3 Å². The van der Waals surface area contributed by atoms with Gasteiger partial charge in [0.2, 0.25) is 11.1 Å². The van der Waals surface area contributed by atoms with Crippen molar-refractivity contribution in [2.45, 2.75) is 25.0 Å². The largest absolute Gasteiger partial charge is 0.378 e. The normalized spacial score (nSPS) is 10.7. The van der Waals surface area contributed by atoms with Gasteiger partial charge in [-0.1, -0.05) is 55.1 Å². The maximum Gasteiger partial charge on any atom is 0.230 e. The number of hydrogen-bond donors (Lipinski definition) is 2. The van der Waals surface area contributed by atoms with Crippen LogP contribution in [0.25, 0.3) is 11.4 Å². The zero-order valence-corrected chi connectivity index (χ0v) is 17.2. The predicted octanol–water partition coefficient (Wildman–Crippen LogP) is 3.51. The number of amides is 1. The van der Waals surface area contributed by atoms with E-state index in [0.717, 1.165) is 23.2 Å². The number of aromatic nitrogens is 3. The fraction of sp³-hybridized carbons (Fsp3) is 0.286. The number of carbonyl (C=O) groups is 1. The molecule has 2 aromatic carbocycles. The molecule has 0 fully saturated rings. The number of anilines is 1. The molecular formula is C21H25N5OS. The molecule has 146 valence electrons. The highest BCUT2D eigenvalue weighted by Crippen LogP contribution is 2.20. The van der Waals surface area contributed by atoms with Crippen LogP contribution >= 0.6 is 11.8 Å². The maximum absolute atomic E-state index is 12.1. The van der Waals surface area contributed by atoms with Crippen LogP contribution in [0, 0.1) is 0 Å². The minimum atomic E-state index is -0.0414. The Bertz CT molecular complexity index is 903. The van der Waals surface area contributed by atoms with Crippen molar-refractivity contribution in [1.82, 2.24) is 20.5 Å². The van der Waals surface area contributed by atoms with Crippen LogP contribution in [0.5, 0.6) is 0 Å². The third-order valence-corrected chi connectivity index (χ3v) is 5.22. The Morgan fingerprint density at radius 1 is 1.07 bits per heavy atom. The smallest absolute Gasteiger partial charge is 0.230 e. The lowest BCUT2D eigenvalue weighted by atomic mass is 10.1. The molecule has 1 aromatic heterocycles. The Morgan fingerprint density at radius 2 is 1.75 bits per heavy atom. The predicted molar refractivity (Wildman–Crippen MR) is 115 cm³/mol. The molecule has 0 atom stereocenters. The molecule has 0 aliphatic carbocycles. The summed E-state index contributed by atoms with van der Waals surface area (Å²) >= 11 is 1.32. The molecule has 7 heteroatoms. The molecule has 2 N–H and O–H groups in total. The lowest BCUT2D eigenvalue weighted by Gasteiger charge is -2.12. The molecule has 0 aliphatic heterocycles. The molecule has 1 amide bonds. The van der Waals surface area contributed by atoms with Crippen molar-refractivity contribution in [3.05, 3.63) is 59.7 Å². The van der Waals surface area contributed by atoms with Gasteiger partial charge < -0.3 is 10.2 Å². The van der Waals surface area contributed by atoms with Gasteiger partial charge in [0.05, 0.1) is 5.75 Å². The first kappa shape index (κ1) is 19.9. The van der Waals surface area contributed by atoms with Crippen LogP contribution in [0.2, 0.25) is 0 Å². The van der Waals surface area contributed by atoms with Crippen molar-refractivity contribution in [1.29, 1.82) is 0 Å². The Kier molecular flexibility index (Phi) is 6.71. The first-order valence-electron chi connectivity index (χ1n) is 9.22. The lowest BCUT2D eigenvalue weighted by molar-refractivity contribution is -0.118. The molecule has 6 nitrogen and oxygen atoms in total. The van der Waals surface area contributed by atoms with E-state index in [1.807, 2.05) is 55.4 Å². The van der Waals surface area contributed by atoms with Gasteiger partial charge in [-0.25, -0.2) is 4.98 Å². The van der Waals surface area contributed by atoms with Crippen LogP contribution in [-0.4, -0.2) is 40.9 Å². The number of nitrogens with one attached hydrogen (secondary N) is 2. The van der Waals surface area contributed by atoms with Gasteiger partial charge in [0.1, 0.15) is 0 Å². The van der Waals surface area contributed by atoms with Crippen molar-refractivity contribution >= 4 is 23.4 Å². The summed E-state index contributed by atoms with van der Waals surface area (Å²) in [4.78, 5) is 18.6. The van der Waals surface area contributed by atoms with Gasteiger partial charge in [-0.15, -0.1) is 5.10 Å². The minimum Gasteiger partial charge on any atom is -0.378 e. The molecule has 28 heavy (non-hydrogen) atoms. The van der Waals surface area contributed by atoms with Crippen molar-refractivity contribution < 1.29 is 4.79 Å². The number of hydrogen-bond acceptors (Lipinski definition) is 5. The van der Waals surface area contributed by atoms with E-state index in [9.17, 15) is 4.79 Å². The van der Waals surface area contributed by atoms with Crippen LogP contribution in [0.3, 0.4) is 0 Å². The average molecular weight is 396 g/mol. The molecule has 1 heterocycles. The van der Waals surface area contributed by atoms with E-state index < -0.39 is 0 Å². The van der Waals surface area contributed by atoms with Gasteiger partial charge in [-0.2, -0.15) is 0 Å². The van der Waals surface area contributed by atoms with Crippen molar-refractivity contribution in [2.24, 2.45) is 0 Å². The number of aryl methyl sites for hydroxylation is 1. The maximum atomic E-state index is 12.1. The van der Waals surface area contributed by atoms with Gasteiger partial charge in [0.25, 0.3) is 0 Å². The Morgan fingerprint density at radius 3 is 2.39 bits per heavy atom. The van der Waals surface area contributed by atoms with Gasteiger partial charge in [0.15, 0.2) is 5.82 Å². The molecule has 0 bridgehead atoms. The van der Waals surface area contributed by atoms with E-state index in [-0.39, 0.29) is 11.7 Å². The van der Waals surface area contributed by atoms with Crippen LogP contribution in [0.1, 0.15) is 18.1 Å². The summed E-state index contributed by atoms with van der Waals surface area (Å²) in [5, 5.41) is 10.6. The monoisotopic (exact) mass is 395 g/mol. The molecule has 3 rings (SSSR count). The topological polar surface area (TPSA) is 73.9 Å². The molecule has 0 saturated carbocycles. The van der Waals surface area contributed by atoms with Crippen LogP contribution in [0.4, 0.5) is 5.69 Å². The molecular weight excluding hydrogens is 370 g/mol. The molecule has 3 aromatic rings. The molecule has 0 aliphatic rings. The molecule has 0 saturated heterocycles. The summed E-state index contributed by atoms with van der Waals surface area (Å²) in [7, 11) is 4.01. The lowest BCUT2D eigenvalue weighted by Crippen LogP contribution is -2.24. The highest BCUT2D eigenvalue weighted by molar-refractivity contribution is 7.99. The van der Waals surface area contributed by atoms with Crippen LogP contribution in [-0.2, 0) is 17.8 Å². The number of H-pyrrole nitrogens is 1.